The van der Waals surface area contributed by atoms with Gasteiger partial charge in [-0.25, -0.2) is 0 Å². The van der Waals surface area contributed by atoms with Gasteiger partial charge in [-0.3, -0.25) is 14.2 Å². The van der Waals surface area contributed by atoms with E-state index in [1.165, 1.54) is 10.8 Å². The normalized spacial score (nSPS) is 11.3. The fraction of sp³-hybridized carbons (Fsp3) is 0.250. The van der Waals surface area contributed by atoms with E-state index >= 15 is 0 Å². The molecule has 6 heteroatoms. The Bertz CT molecular complexity index is 624. The number of ketones is 1. The molecule has 0 amide bonds. The zero-order chi connectivity index (χ0) is 13.3. The van der Waals surface area contributed by atoms with Crippen LogP contribution in [-0.2, 0) is 14.1 Å². The molecule has 0 N–H and O–H groups in total. The first-order chi connectivity index (χ1) is 8.47. The summed E-state index contributed by atoms with van der Waals surface area (Å²) >= 11 is 5.90. The molecule has 0 saturated heterocycles. The van der Waals surface area contributed by atoms with Gasteiger partial charge in [-0.1, -0.05) is 11.6 Å². The molecule has 0 saturated carbocycles. The number of rotatable bonds is 3. The molecule has 5 nitrogen and oxygen atoms in total. The van der Waals surface area contributed by atoms with E-state index in [1.54, 1.807) is 24.0 Å². The summed E-state index contributed by atoms with van der Waals surface area (Å²) in [5.41, 5.74) is 2.02. The van der Waals surface area contributed by atoms with Crippen molar-refractivity contribution in [2.75, 3.05) is 0 Å². The second kappa shape index (κ2) is 4.78. The van der Waals surface area contributed by atoms with Crippen LogP contribution in [0.4, 0.5) is 0 Å². The third kappa shape index (κ3) is 2.51. The van der Waals surface area contributed by atoms with Crippen LogP contribution >= 0.6 is 11.6 Å². The minimum absolute atomic E-state index is 0.223. The lowest BCUT2D eigenvalue weighted by atomic mass is 10.2. The Hall–Kier alpha value is -1.88. The third-order valence-electron chi connectivity index (χ3n) is 2.46. The van der Waals surface area contributed by atoms with Gasteiger partial charge in [0.25, 0.3) is 0 Å². The molecule has 2 aromatic heterocycles. The molecule has 0 unspecified atom stereocenters. The SMILES string of the molecule is Cc1cc(/C=C/C(=O)c2nn(C)cc2Cl)n(C)n1. The maximum atomic E-state index is 11.9. The van der Waals surface area contributed by atoms with Gasteiger partial charge in [-0.2, -0.15) is 10.2 Å². The summed E-state index contributed by atoms with van der Waals surface area (Å²) in [6.07, 6.45) is 4.74. The maximum Gasteiger partial charge on any atom is 0.207 e. The summed E-state index contributed by atoms with van der Waals surface area (Å²) in [5.74, 6) is -0.223. The highest BCUT2D eigenvalue weighted by Gasteiger charge is 2.11. The number of carbonyl (C=O) groups excluding carboxylic acids is 1. The number of aromatic nitrogens is 4. The molecule has 0 aromatic carbocycles. The lowest BCUT2D eigenvalue weighted by Gasteiger charge is -1.93. The number of nitrogens with zero attached hydrogens (tertiary/aromatic N) is 4. The predicted octanol–water partition coefficient (Wildman–Crippen LogP) is 2.01. The van der Waals surface area contributed by atoms with Gasteiger partial charge in [0.05, 0.1) is 16.4 Å². The van der Waals surface area contributed by atoms with E-state index in [0.29, 0.717) is 5.02 Å². The van der Waals surface area contributed by atoms with Crippen LogP contribution in [0.25, 0.3) is 6.08 Å². The van der Waals surface area contributed by atoms with Crippen molar-refractivity contribution in [1.29, 1.82) is 0 Å². The van der Waals surface area contributed by atoms with E-state index in [2.05, 4.69) is 10.2 Å². The van der Waals surface area contributed by atoms with Gasteiger partial charge in [-0.05, 0) is 25.1 Å². The smallest absolute Gasteiger partial charge is 0.207 e. The van der Waals surface area contributed by atoms with Crippen LogP contribution in [0.1, 0.15) is 21.9 Å². The first-order valence-electron chi connectivity index (χ1n) is 5.39. The molecule has 2 aromatic rings. The largest absolute Gasteiger partial charge is 0.287 e. The second-order valence-corrected chi connectivity index (χ2v) is 4.44. The summed E-state index contributed by atoms with van der Waals surface area (Å²) in [5, 5.41) is 8.56. The van der Waals surface area contributed by atoms with Crippen molar-refractivity contribution in [2.24, 2.45) is 14.1 Å². The highest BCUT2D eigenvalue weighted by atomic mass is 35.5. The summed E-state index contributed by atoms with van der Waals surface area (Å²) < 4.78 is 3.22. The Kier molecular flexibility index (Phi) is 3.34. The number of halogens is 1. The van der Waals surface area contributed by atoms with Crippen molar-refractivity contribution >= 4 is 23.5 Å². The van der Waals surface area contributed by atoms with E-state index in [4.69, 9.17) is 11.6 Å². The standard InChI is InChI=1S/C12H13ClN4O/c1-8-6-9(17(3)14-8)4-5-11(18)12-10(13)7-16(2)15-12/h4-7H,1-3H3/b5-4+. The van der Waals surface area contributed by atoms with E-state index in [9.17, 15) is 4.79 Å². The average molecular weight is 265 g/mol. The first kappa shape index (κ1) is 12.6. The number of aryl methyl sites for hydroxylation is 3. The van der Waals surface area contributed by atoms with Crippen LogP contribution in [0, 0.1) is 6.92 Å². The summed E-state index contributed by atoms with van der Waals surface area (Å²) in [6.45, 7) is 1.90. The minimum Gasteiger partial charge on any atom is -0.287 e. The van der Waals surface area contributed by atoms with E-state index < -0.39 is 0 Å². The van der Waals surface area contributed by atoms with Crippen LogP contribution in [-0.4, -0.2) is 25.3 Å². The minimum atomic E-state index is -0.223. The third-order valence-corrected chi connectivity index (χ3v) is 2.74. The molecule has 0 radical (unpaired) electrons. The van der Waals surface area contributed by atoms with Crippen molar-refractivity contribution in [3.05, 3.63) is 40.4 Å². The summed E-state index contributed by atoms with van der Waals surface area (Å²) in [6, 6.07) is 1.89. The van der Waals surface area contributed by atoms with Crippen molar-refractivity contribution in [3.8, 4) is 0 Å². The summed E-state index contributed by atoms with van der Waals surface area (Å²) in [7, 11) is 3.54. The lowest BCUT2D eigenvalue weighted by Crippen LogP contribution is -1.99. The number of carbonyl (C=O) groups is 1. The van der Waals surface area contributed by atoms with Crippen molar-refractivity contribution in [1.82, 2.24) is 19.6 Å². The van der Waals surface area contributed by atoms with E-state index in [-0.39, 0.29) is 11.5 Å². The van der Waals surface area contributed by atoms with Gasteiger partial charge in [-0.15, -0.1) is 0 Å². The molecule has 18 heavy (non-hydrogen) atoms. The molecule has 0 bridgehead atoms. The van der Waals surface area contributed by atoms with Crippen LogP contribution in [0.5, 0.6) is 0 Å². The molecule has 0 spiro atoms. The fourth-order valence-corrected chi connectivity index (χ4v) is 1.93. The summed E-state index contributed by atoms with van der Waals surface area (Å²) in [4.78, 5) is 11.9. The van der Waals surface area contributed by atoms with E-state index in [1.807, 2.05) is 20.0 Å². The van der Waals surface area contributed by atoms with Crippen LogP contribution in [0.3, 0.4) is 0 Å². The van der Waals surface area contributed by atoms with Crippen LogP contribution < -0.4 is 0 Å². The van der Waals surface area contributed by atoms with Gasteiger partial charge < -0.3 is 0 Å². The first-order valence-corrected chi connectivity index (χ1v) is 5.77. The molecule has 94 valence electrons. The highest BCUT2D eigenvalue weighted by molar-refractivity contribution is 6.34. The van der Waals surface area contributed by atoms with E-state index in [0.717, 1.165) is 11.4 Å². The highest BCUT2D eigenvalue weighted by Crippen LogP contribution is 2.14. The Morgan fingerprint density at radius 1 is 1.39 bits per heavy atom. The molecule has 2 heterocycles. The lowest BCUT2D eigenvalue weighted by molar-refractivity contribution is 0.104. The molecule has 0 aliphatic rings. The molecular weight excluding hydrogens is 252 g/mol. The Morgan fingerprint density at radius 2 is 2.11 bits per heavy atom. The Balaban J connectivity index is 2.22. The van der Waals surface area contributed by atoms with Crippen molar-refractivity contribution in [3.63, 3.8) is 0 Å². The molecular formula is C12H13ClN4O. The maximum absolute atomic E-state index is 11.9. The molecule has 0 aliphatic carbocycles. The number of hydrogen-bond donors (Lipinski definition) is 0. The van der Waals surface area contributed by atoms with Gasteiger partial charge in [0.15, 0.2) is 5.69 Å². The van der Waals surface area contributed by atoms with Crippen molar-refractivity contribution in [2.45, 2.75) is 6.92 Å². The number of allylic oxidation sites excluding steroid dienone is 1. The quantitative estimate of drug-likeness (QED) is 0.629. The van der Waals surface area contributed by atoms with Crippen molar-refractivity contribution < 1.29 is 4.79 Å². The van der Waals surface area contributed by atoms with Gasteiger partial charge in [0.2, 0.25) is 5.78 Å². The molecule has 0 aliphatic heterocycles. The molecule has 0 fully saturated rings. The zero-order valence-electron chi connectivity index (χ0n) is 10.4. The number of hydrogen-bond acceptors (Lipinski definition) is 3. The Labute approximate surface area is 110 Å². The fourth-order valence-electron chi connectivity index (χ4n) is 1.65. The zero-order valence-corrected chi connectivity index (χ0v) is 11.1. The average Bonchev–Trinajstić information content (AvgIpc) is 2.78. The second-order valence-electron chi connectivity index (χ2n) is 4.03. The van der Waals surface area contributed by atoms with Gasteiger partial charge in [0, 0.05) is 20.3 Å². The Morgan fingerprint density at radius 3 is 2.61 bits per heavy atom. The molecule has 0 atom stereocenters. The monoisotopic (exact) mass is 264 g/mol. The molecule has 2 rings (SSSR count). The van der Waals surface area contributed by atoms with Gasteiger partial charge in [0.1, 0.15) is 0 Å². The predicted molar refractivity (Wildman–Crippen MR) is 69.5 cm³/mol. The van der Waals surface area contributed by atoms with Crippen LogP contribution in [0.2, 0.25) is 5.02 Å². The topological polar surface area (TPSA) is 52.7 Å². The van der Waals surface area contributed by atoms with Crippen LogP contribution in [0.15, 0.2) is 18.3 Å². The van der Waals surface area contributed by atoms with Gasteiger partial charge >= 0.3 is 0 Å².